The molecule has 16 heavy (non-hydrogen) atoms. The van der Waals surface area contributed by atoms with E-state index in [9.17, 15) is 0 Å². The van der Waals surface area contributed by atoms with E-state index in [2.05, 4.69) is 11.8 Å². The fourth-order valence-electron chi connectivity index (χ4n) is 2.69. The van der Waals surface area contributed by atoms with Gasteiger partial charge in [0.1, 0.15) is 0 Å². The molecule has 0 spiro atoms. The summed E-state index contributed by atoms with van der Waals surface area (Å²) in [7, 11) is 0. The largest absolute Gasteiger partial charge is 0.379 e. The van der Waals surface area contributed by atoms with Crippen LogP contribution in [0.5, 0.6) is 0 Å². The highest BCUT2D eigenvalue weighted by molar-refractivity contribution is 4.83. The number of rotatable bonds is 4. The summed E-state index contributed by atoms with van der Waals surface area (Å²) in [5, 5.41) is 0. The van der Waals surface area contributed by atoms with Crippen LogP contribution in [0, 0.1) is 5.92 Å². The molecule has 3 unspecified atom stereocenters. The SMILES string of the molecule is CCOC1CCCN(CC2COCC2N)C1. The molecule has 2 fully saturated rings. The van der Waals surface area contributed by atoms with Crippen LogP contribution in [0.25, 0.3) is 0 Å². The Morgan fingerprint density at radius 1 is 1.44 bits per heavy atom. The number of nitrogens with zero attached hydrogens (tertiary/aromatic N) is 1. The van der Waals surface area contributed by atoms with E-state index in [1.54, 1.807) is 0 Å². The maximum Gasteiger partial charge on any atom is 0.0702 e. The van der Waals surface area contributed by atoms with E-state index in [1.165, 1.54) is 19.4 Å². The van der Waals surface area contributed by atoms with Crippen molar-refractivity contribution in [2.45, 2.75) is 31.9 Å². The van der Waals surface area contributed by atoms with Gasteiger partial charge in [0, 0.05) is 31.7 Å². The Morgan fingerprint density at radius 2 is 2.31 bits per heavy atom. The Bertz CT molecular complexity index is 211. The van der Waals surface area contributed by atoms with E-state index in [-0.39, 0.29) is 6.04 Å². The Labute approximate surface area is 98.1 Å². The quantitative estimate of drug-likeness (QED) is 0.759. The van der Waals surface area contributed by atoms with Crippen molar-refractivity contribution in [3.05, 3.63) is 0 Å². The standard InChI is InChI=1S/C12H24N2O2/c1-2-16-11-4-3-5-14(7-11)6-10-8-15-9-12(10)13/h10-12H,2-9,13H2,1H3. The Balaban J connectivity index is 1.76. The van der Waals surface area contributed by atoms with Crippen molar-refractivity contribution in [3.8, 4) is 0 Å². The van der Waals surface area contributed by atoms with Crippen LogP contribution in [-0.4, -0.2) is 56.5 Å². The van der Waals surface area contributed by atoms with Gasteiger partial charge in [-0.2, -0.15) is 0 Å². The Hall–Kier alpha value is -0.160. The Kier molecular flexibility index (Phi) is 4.58. The number of piperidine rings is 1. The van der Waals surface area contributed by atoms with Gasteiger partial charge in [0.05, 0.1) is 19.3 Å². The smallest absolute Gasteiger partial charge is 0.0702 e. The summed E-state index contributed by atoms with van der Waals surface area (Å²) >= 11 is 0. The average molecular weight is 228 g/mol. The summed E-state index contributed by atoms with van der Waals surface area (Å²) in [5.74, 6) is 0.514. The maximum absolute atomic E-state index is 6.01. The van der Waals surface area contributed by atoms with Gasteiger partial charge >= 0.3 is 0 Å². The summed E-state index contributed by atoms with van der Waals surface area (Å²) < 4.78 is 11.1. The van der Waals surface area contributed by atoms with Crippen molar-refractivity contribution in [3.63, 3.8) is 0 Å². The van der Waals surface area contributed by atoms with Crippen LogP contribution in [0.3, 0.4) is 0 Å². The molecule has 0 aliphatic carbocycles. The third-order valence-electron chi connectivity index (χ3n) is 3.61. The predicted octanol–water partition coefficient (Wildman–Crippen LogP) is 0.461. The van der Waals surface area contributed by atoms with Gasteiger partial charge in [0.2, 0.25) is 0 Å². The normalized spacial score (nSPS) is 36.8. The van der Waals surface area contributed by atoms with E-state index in [1.807, 2.05) is 0 Å². The van der Waals surface area contributed by atoms with Gasteiger partial charge in [-0.25, -0.2) is 0 Å². The number of hydrogen-bond donors (Lipinski definition) is 1. The van der Waals surface area contributed by atoms with Crippen molar-refractivity contribution >= 4 is 0 Å². The molecule has 4 nitrogen and oxygen atoms in total. The van der Waals surface area contributed by atoms with Crippen molar-refractivity contribution in [2.75, 3.05) is 39.5 Å². The van der Waals surface area contributed by atoms with E-state index in [4.69, 9.17) is 15.2 Å². The van der Waals surface area contributed by atoms with E-state index in [0.29, 0.717) is 12.0 Å². The molecular formula is C12H24N2O2. The summed E-state index contributed by atoms with van der Waals surface area (Å²) in [4.78, 5) is 2.49. The molecule has 0 aromatic heterocycles. The van der Waals surface area contributed by atoms with Crippen LogP contribution < -0.4 is 5.73 Å². The molecule has 2 rings (SSSR count). The van der Waals surface area contributed by atoms with Gasteiger partial charge in [0.15, 0.2) is 0 Å². The molecule has 0 radical (unpaired) electrons. The molecule has 2 heterocycles. The molecule has 94 valence electrons. The molecule has 2 saturated heterocycles. The second-order valence-electron chi connectivity index (χ2n) is 4.94. The van der Waals surface area contributed by atoms with Gasteiger partial charge in [-0.05, 0) is 26.3 Å². The zero-order valence-corrected chi connectivity index (χ0v) is 10.2. The lowest BCUT2D eigenvalue weighted by Crippen LogP contribution is -2.45. The van der Waals surface area contributed by atoms with Gasteiger partial charge < -0.3 is 20.1 Å². The van der Waals surface area contributed by atoms with Gasteiger partial charge in [-0.3, -0.25) is 0 Å². The zero-order chi connectivity index (χ0) is 11.4. The topological polar surface area (TPSA) is 47.7 Å². The highest BCUT2D eigenvalue weighted by Gasteiger charge is 2.29. The summed E-state index contributed by atoms with van der Waals surface area (Å²) in [6.45, 7) is 7.78. The van der Waals surface area contributed by atoms with Crippen LogP contribution in [-0.2, 0) is 9.47 Å². The summed E-state index contributed by atoms with van der Waals surface area (Å²) in [6, 6.07) is 0.229. The van der Waals surface area contributed by atoms with Gasteiger partial charge in [-0.15, -0.1) is 0 Å². The van der Waals surface area contributed by atoms with Gasteiger partial charge in [-0.1, -0.05) is 0 Å². The van der Waals surface area contributed by atoms with Crippen LogP contribution in [0.2, 0.25) is 0 Å². The first-order chi connectivity index (χ1) is 7.79. The summed E-state index contributed by atoms with van der Waals surface area (Å²) in [5.41, 5.74) is 6.01. The van der Waals surface area contributed by atoms with Gasteiger partial charge in [0.25, 0.3) is 0 Å². The van der Waals surface area contributed by atoms with Crippen molar-refractivity contribution in [1.29, 1.82) is 0 Å². The first-order valence-electron chi connectivity index (χ1n) is 6.47. The molecule has 0 saturated carbocycles. The van der Waals surface area contributed by atoms with E-state index in [0.717, 1.165) is 32.9 Å². The van der Waals surface area contributed by atoms with Crippen LogP contribution in [0.1, 0.15) is 19.8 Å². The minimum absolute atomic E-state index is 0.229. The first-order valence-corrected chi connectivity index (χ1v) is 6.47. The fourth-order valence-corrected chi connectivity index (χ4v) is 2.69. The molecule has 2 aliphatic heterocycles. The number of nitrogens with two attached hydrogens (primary N) is 1. The molecule has 0 bridgehead atoms. The summed E-state index contributed by atoms with van der Waals surface area (Å²) in [6.07, 6.45) is 2.88. The van der Waals surface area contributed by atoms with Crippen molar-refractivity contribution < 1.29 is 9.47 Å². The Morgan fingerprint density at radius 3 is 3.00 bits per heavy atom. The maximum atomic E-state index is 6.01. The van der Waals surface area contributed by atoms with Crippen LogP contribution >= 0.6 is 0 Å². The predicted molar refractivity (Wildman–Crippen MR) is 63.4 cm³/mol. The second-order valence-corrected chi connectivity index (χ2v) is 4.94. The zero-order valence-electron chi connectivity index (χ0n) is 10.2. The molecule has 0 aromatic carbocycles. The second kappa shape index (κ2) is 5.96. The van der Waals surface area contributed by atoms with Crippen LogP contribution in [0.15, 0.2) is 0 Å². The van der Waals surface area contributed by atoms with Crippen LogP contribution in [0.4, 0.5) is 0 Å². The molecule has 3 atom stereocenters. The van der Waals surface area contributed by atoms with Crippen molar-refractivity contribution in [2.24, 2.45) is 11.7 Å². The molecule has 4 heteroatoms. The average Bonchev–Trinajstić information content (AvgIpc) is 2.66. The lowest BCUT2D eigenvalue weighted by atomic mass is 10.0. The highest BCUT2D eigenvalue weighted by atomic mass is 16.5. The minimum Gasteiger partial charge on any atom is -0.379 e. The molecule has 2 aliphatic rings. The first kappa shape index (κ1) is 12.3. The third kappa shape index (κ3) is 3.17. The monoisotopic (exact) mass is 228 g/mol. The number of ether oxygens (including phenoxy) is 2. The number of hydrogen-bond acceptors (Lipinski definition) is 4. The fraction of sp³-hybridized carbons (Fsp3) is 1.00. The molecule has 0 amide bonds. The minimum atomic E-state index is 0.229. The van der Waals surface area contributed by atoms with E-state index >= 15 is 0 Å². The van der Waals surface area contributed by atoms with E-state index < -0.39 is 0 Å². The third-order valence-corrected chi connectivity index (χ3v) is 3.61. The molecular weight excluding hydrogens is 204 g/mol. The lowest BCUT2D eigenvalue weighted by molar-refractivity contribution is 0.00104. The highest BCUT2D eigenvalue weighted by Crippen LogP contribution is 2.18. The van der Waals surface area contributed by atoms with Crippen molar-refractivity contribution in [1.82, 2.24) is 4.90 Å². The number of likely N-dealkylation sites (tertiary alicyclic amines) is 1. The molecule has 0 aromatic rings. The lowest BCUT2D eigenvalue weighted by Gasteiger charge is -2.34. The molecule has 2 N–H and O–H groups in total.